The van der Waals surface area contributed by atoms with E-state index in [-0.39, 0.29) is 17.5 Å². The van der Waals surface area contributed by atoms with Gasteiger partial charge in [0, 0.05) is 45.2 Å². The van der Waals surface area contributed by atoms with Crippen LogP contribution in [0.3, 0.4) is 0 Å². The highest BCUT2D eigenvalue weighted by Gasteiger charge is 2.31. The summed E-state index contributed by atoms with van der Waals surface area (Å²) in [5.74, 6) is 0.164. The molecule has 7 nitrogen and oxygen atoms in total. The van der Waals surface area contributed by atoms with Crippen molar-refractivity contribution in [2.45, 2.75) is 44.6 Å². The number of carbonyl (C=O) groups is 2. The van der Waals surface area contributed by atoms with Crippen molar-refractivity contribution in [3.63, 3.8) is 0 Å². The van der Waals surface area contributed by atoms with Crippen molar-refractivity contribution in [3.05, 3.63) is 35.6 Å². The predicted molar refractivity (Wildman–Crippen MR) is 115 cm³/mol. The van der Waals surface area contributed by atoms with Crippen molar-refractivity contribution in [2.75, 3.05) is 33.2 Å². The van der Waals surface area contributed by atoms with Gasteiger partial charge in [-0.15, -0.1) is 0 Å². The monoisotopic (exact) mass is 417 g/mol. The second-order valence-electron chi connectivity index (χ2n) is 7.98. The van der Waals surface area contributed by atoms with Crippen LogP contribution in [0.2, 0.25) is 0 Å². The van der Waals surface area contributed by atoms with Gasteiger partial charge in [-0.1, -0.05) is 31.4 Å². The fraction of sp³-hybridized carbons (Fsp3) is 0.591. The fourth-order valence-electron chi connectivity index (χ4n) is 4.17. The van der Waals surface area contributed by atoms with Crippen molar-refractivity contribution in [1.29, 1.82) is 0 Å². The number of benzene rings is 1. The Morgan fingerprint density at radius 2 is 1.83 bits per heavy atom. The van der Waals surface area contributed by atoms with E-state index in [4.69, 9.17) is 0 Å². The van der Waals surface area contributed by atoms with E-state index in [0.717, 1.165) is 38.6 Å². The molecule has 1 saturated carbocycles. The lowest BCUT2D eigenvalue weighted by Gasteiger charge is -2.26. The first-order valence-electron chi connectivity index (χ1n) is 10.9. The van der Waals surface area contributed by atoms with E-state index in [0.29, 0.717) is 31.5 Å². The Balaban J connectivity index is 1.37. The molecule has 0 spiro atoms. The smallest absolute Gasteiger partial charge is 0.254 e. The summed E-state index contributed by atoms with van der Waals surface area (Å²) in [5.41, 5.74) is 0.0358. The zero-order valence-electron chi connectivity index (χ0n) is 17.6. The van der Waals surface area contributed by atoms with Gasteiger partial charge in [0.1, 0.15) is 5.82 Å². The summed E-state index contributed by atoms with van der Waals surface area (Å²) in [5, 5.41) is 9.20. The number of aliphatic imine (C=N–C) groups is 1. The van der Waals surface area contributed by atoms with Crippen LogP contribution in [0.5, 0.6) is 0 Å². The van der Waals surface area contributed by atoms with Crippen LogP contribution in [0.25, 0.3) is 0 Å². The first kappa shape index (κ1) is 22.1. The maximum Gasteiger partial charge on any atom is 0.254 e. The number of rotatable bonds is 6. The molecule has 30 heavy (non-hydrogen) atoms. The summed E-state index contributed by atoms with van der Waals surface area (Å²) in [4.78, 5) is 30.9. The number of halogens is 1. The Bertz CT molecular complexity index is 764. The molecule has 0 bridgehead atoms. The Morgan fingerprint density at radius 1 is 1.10 bits per heavy atom. The minimum atomic E-state index is -0.533. The summed E-state index contributed by atoms with van der Waals surface area (Å²) in [6.07, 6.45) is 6.51. The first-order chi connectivity index (χ1) is 14.6. The van der Waals surface area contributed by atoms with E-state index in [1.165, 1.54) is 18.6 Å². The standard InChI is InChI=1S/C22H32FN5O2/c1-24-22(26-13-12-25-20(29)18-9-5-6-10-19(18)23)27-17-11-14-28(15-17)21(30)16-7-3-2-4-8-16/h5-6,9-10,16-17H,2-4,7-8,11-15H2,1H3,(H,25,29)(H2,24,26,27). The van der Waals surface area contributed by atoms with Gasteiger partial charge in [-0.25, -0.2) is 4.39 Å². The summed E-state index contributed by atoms with van der Waals surface area (Å²) in [7, 11) is 1.69. The van der Waals surface area contributed by atoms with Gasteiger partial charge < -0.3 is 20.9 Å². The van der Waals surface area contributed by atoms with Crippen LogP contribution in [0.1, 0.15) is 48.9 Å². The molecular formula is C22H32FN5O2. The molecule has 3 N–H and O–H groups in total. The van der Waals surface area contributed by atoms with Gasteiger partial charge in [0.15, 0.2) is 5.96 Å². The number of hydrogen-bond donors (Lipinski definition) is 3. The van der Waals surface area contributed by atoms with Gasteiger partial charge in [-0.05, 0) is 31.4 Å². The van der Waals surface area contributed by atoms with Crippen molar-refractivity contribution >= 4 is 17.8 Å². The van der Waals surface area contributed by atoms with Crippen molar-refractivity contribution in [2.24, 2.45) is 10.9 Å². The number of carbonyl (C=O) groups excluding carboxylic acids is 2. The van der Waals surface area contributed by atoms with E-state index in [2.05, 4.69) is 20.9 Å². The third-order valence-electron chi connectivity index (χ3n) is 5.84. The molecular weight excluding hydrogens is 385 g/mol. The lowest BCUT2D eigenvalue weighted by Crippen LogP contribution is -2.47. The molecule has 0 radical (unpaired) electrons. The van der Waals surface area contributed by atoms with Crippen molar-refractivity contribution in [3.8, 4) is 0 Å². The van der Waals surface area contributed by atoms with Gasteiger partial charge in [0.05, 0.1) is 5.56 Å². The molecule has 0 aromatic heterocycles. The summed E-state index contributed by atoms with van der Waals surface area (Å²) < 4.78 is 13.6. The summed E-state index contributed by atoms with van der Waals surface area (Å²) >= 11 is 0. The first-order valence-corrected chi connectivity index (χ1v) is 10.9. The molecule has 1 aromatic rings. The van der Waals surface area contributed by atoms with E-state index in [1.807, 2.05) is 4.90 Å². The molecule has 2 aliphatic rings. The maximum absolute atomic E-state index is 13.6. The summed E-state index contributed by atoms with van der Waals surface area (Å²) in [6, 6.07) is 6.07. The molecule has 1 aromatic carbocycles. The highest BCUT2D eigenvalue weighted by Crippen LogP contribution is 2.26. The Labute approximate surface area is 177 Å². The van der Waals surface area contributed by atoms with Crippen LogP contribution in [0.15, 0.2) is 29.3 Å². The molecule has 1 aliphatic carbocycles. The largest absolute Gasteiger partial charge is 0.355 e. The number of nitrogens with one attached hydrogen (secondary N) is 3. The number of guanidine groups is 1. The molecule has 1 aliphatic heterocycles. The highest BCUT2D eigenvalue weighted by molar-refractivity contribution is 5.94. The van der Waals surface area contributed by atoms with E-state index < -0.39 is 11.7 Å². The molecule has 1 atom stereocenters. The lowest BCUT2D eigenvalue weighted by molar-refractivity contribution is -0.135. The predicted octanol–water partition coefficient (Wildman–Crippen LogP) is 1.90. The lowest BCUT2D eigenvalue weighted by atomic mass is 9.88. The average molecular weight is 418 g/mol. The Kier molecular flexibility index (Phi) is 8.04. The highest BCUT2D eigenvalue weighted by atomic mass is 19.1. The molecule has 2 amide bonds. The minimum Gasteiger partial charge on any atom is -0.355 e. The summed E-state index contributed by atoms with van der Waals surface area (Å²) in [6.45, 7) is 2.27. The third-order valence-corrected chi connectivity index (χ3v) is 5.84. The fourth-order valence-corrected chi connectivity index (χ4v) is 4.17. The number of likely N-dealkylation sites (tertiary alicyclic amines) is 1. The van der Waals surface area contributed by atoms with Gasteiger partial charge >= 0.3 is 0 Å². The zero-order valence-corrected chi connectivity index (χ0v) is 17.6. The molecule has 2 fully saturated rings. The van der Waals surface area contributed by atoms with Gasteiger partial charge in [0.2, 0.25) is 5.91 Å². The van der Waals surface area contributed by atoms with E-state index >= 15 is 0 Å². The number of amides is 2. The molecule has 1 heterocycles. The minimum absolute atomic E-state index is 0.0358. The van der Waals surface area contributed by atoms with E-state index in [1.54, 1.807) is 19.2 Å². The Hall–Kier alpha value is -2.64. The van der Waals surface area contributed by atoms with Crippen molar-refractivity contribution in [1.82, 2.24) is 20.9 Å². The molecule has 1 saturated heterocycles. The normalized spacial score (nSPS) is 20.1. The zero-order chi connectivity index (χ0) is 21.3. The van der Waals surface area contributed by atoms with E-state index in [9.17, 15) is 14.0 Å². The van der Waals surface area contributed by atoms with Gasteiger partial charge in [0.25, 0.3) is 5.91 Å². The van der Waals surface area contributed by atoms with Crippen LogP contribution < -0.4 is 16.0 Å². The molecule has 164 valence electrons. The quantitative estimate of drug-likeness (QED) is 0.375. The van der Waals surface area contributed by atoms with Crippen LogP contribution in [0, 0.1) is 11.7 Å². The number of hydrogen-bond acceptors (Lipinski definition) is 3. The molecule has 1 unspecified atom stereocenters. The topological polar surface area (TPSA) is 85.8 Å². The molecule has 3 rings (SSSR count). The van der Waals surface area contributed by atoms with Crippen LogP contribution >= 0.6 is 0 Å². The average Bonchev–Trinajstić information content (AvgIpc) is 3.24. The molecule has 8 heteroatoms. The second kappa shape index (κ2) is 10.9. The van der Waals surface area contributed by atoms with Crippen LogP contribution in [-0.2, 0) is 4.79 Å². The van der Waals surface area contributed by atoms with Crippen LogP contribution in [0.4, 0.5) is 4.39 Å². The SMILES string of the molecule is CN=C(NCCNC(=O)c1ccccc1F)NC1CCN(C(=O)C2CCCCC2)C1. The van der Waals surface area contributed by atoms with Crippen molar-refractivity contribution < 1.29 is 14.0 Å². The third kappa shape index (κ3) is 5.93. The Morgan fingerprint density at radius 3 is 2.57 bits per heavy atom. The van der Waals surface area contributed by atoms with Gasteiger partial charge in [-0.2, -0.15) is 0 Å². The number of nitrogens with zero attached hydrogens (tertiary/aromatic N) is 2. The van der Waals surface area contributed by atoms with Gasteiger partial charge in [-0.3, -0.25) is 14.6 Å². The second-order valence-corrected chi connectivity index (χ2v) is 7.98. The maximum atomic E-state index is 13.6. The van der Waals surface area contributed by atoms with Crippen LogP contribution in [-0.4, -0.2) is 61.9 Å².